The Labute approximate surface area is 146 Å². The van der Waals surface area contributed by atoms with Gasteiger partial charge in [0.15, 0.2) is 0 Å². The van der Waals surface area contributed by atoms with Gasteiger partial charge in [0.05, 0.1) is 7.11 Å². The fourth-order valence-corrected chi connectivity index (χ4v) is 3.08. The molecule has 0 radical (unpaired) electrons. The van der Waals surface area contributed by atoms with Crippen LogP contribution in [0.1, 0.15) is 5.56 Å². The molecule has 0 saturated heterocycles. The van der Waals surface area contributed by atoms with Gasteiger partial charge in [0.25, 0.3) is 0 Å². The van der Waals surface area contributed by atoms with Crippen LogP contribution in [-0.4, -0.2) is 27.6 Å². The number of aromatic nitrogens is 1. The Hall–Kier alpha value is -2.64. The van der Waals surface area contributed by atoms with Gasteiger partial charge in [0.2, 0.25) is 10.0 Å². The number of methoxy groups -OCH3 is 1. The molecular weight excluding hydrogens is 338 g/mol. The summed E-state index contributed by atoms with van der Waals surface area (Å²) >= 11 is 0. The molecule has 1 heterocycles. The third-order valence-corrected chi connectivity index (χ3v) is 4.87. The summed E-state index contributed by atoms with van der Waals surface area (Å²) in [7, 11) is -0.174. The molecule has 0 amide bonds. The van der Waals surface area contributed by atoms with Crippen molar-refractivity contribution in [2.75, 3.05) is 19.1 Å². The topological polar surface area (TPSA) is 85.5 Å². The normalized spacial score (nSPS) is 11.5. The highest BCUT2D eigenvalue weighted by Crippen LogP contribution is 2.23. The Bertz CT molecular complexity index is 1000. The molecule has 25 heavy (non-hydrogen) atoms. The summed E-state index contributed by atoms with van der Waals surface area (Å²) < 4.78 is 27.8. The van der Waals surface area contributed by atoms with Crippen molar-refractivity contribution in [3.8, 4) is 5.75 Å². The van der Waals surface area contributed by atoms with Gasteiger partial charge in [-0.15, -0.1) is 0 Å². The standard InChI is InChI=1S/C18H19N3O3S/c1-21(18-8-7-17(11-20-18)25(19,22)23)12-13-3-4-15-10-16(24-2)6-5-14(15)9-13/h3-11H,12H2,1-2H3,(H2,19,22,23). The van der Waals surface area contributed by atoms with Crippen LogP contribution in [0.3, 0.4) is 0 Å². The van der Waals surface area contributed by atoms with Crippen LogP contribution in [0, 0.1) is 0 Å². The van der Waals surface area contributed by atoms with Crippen LogP contribution in [-0.2, 0) is 16.6 Å². The highest BCUT2D eigenvalue weighted by molar-refractivity contribution is 7.89. The minimum Gasteiger partial charge on any atom is -0.497 e. The molecule has 7 heteroatoms. The summed E-state index contributed by atoms with van der Waals surface area (Å²) in [5.74, 6) is 1.50. The molecule has 0 bridgehead atoms. The van der Waals surface area contributed by atoms with E-state index in [0.29, 0.717) is 12.4 Å². The van der Waals surface area contributed by atoms with E-state index in [1.165, 1.54) is 12.3 Å². The largest absolute Gasteiger partial charge is 0.497 e. The molecule has 0 spiro atoms. The molecule has 0 fully saturated rings. The zero-order valence-electron chi connectivity index (χ0n) is 14.0. The van der Waals surface area contributed by atoms with Gasteiger partial charge in [-0.05, 0) is 46.7 Å². The van der Waals surface area contributed by atoms with Crippen molar-refractivity contribution in [1.29, 1.82) is 0 Å². The number of rotatable bonds is 5. The Kier molecular flexibility index (Phi) is 4.61. The maximum absolute atomic E-state index is 11.3. The lowest BCUT2D eigenvalue weighted by Crippen LogP contribution is -2.18. The van der Waals surface area contributed by atoms with Crippen molar-refractivity contribution < 1.29 is 13.2 Å². The Morgan fingerprint density at radius 3 is 2.44 bits per heavy atom. The maximum atomic E-state index is 11.3. The number of primary sulfonamides is 1. The van der Waals surface area contributed by atoms with E-state index in [0.717, 1.165) is 22.1 Å². The van der Waals surface area contributed by atoms with Crippen LogP contribution in [0.2, 0.25) is 0 Å². The second kappa shape index (κ2) is 6.70. The summed E-state index contributed by atoms with van der Waals surface area (Å²) in [5, 5.41) is 7.33. The first-order valence-corrected chi connectivity index (χ1v) is 9.18. The van der Waals surface area contributed by atoms with Gasteiger partial charge in [0, 0.05) is 19.8 Å². The summed E-state index contributed by atoms with van der Waals surface area (Å²) in [6.45, 7) is 0.643. The number of anilines is 1. The first kappa shape index (κ1) is 17.2. The first-order valence-electron chi connectivity index (χ1n) is 7.63. The quantitative estimate of drug-likeness (QED) is 0.758. The average Bonchev–Trinajstić information content (AvgIpc) is 2.60. The van der Waals surface area contributed by atoms with Crippen LogP contribution in [0.25, 0.3) is 10.8 Å². The number of pyridine rings is 1. The molecule has 2 N–H and O–H groups in total. The lowest BCUT2D eigenvalue weighted by molar-refractivity contribution is 0.415. The molecule has 0 aliphatic carbocycles. The number of nitrogens with zero attached hydrogens (tertiary/aromatic N) is 2. The molecular formula is C18H19N3O3S. The number of hydrogen-bond donors (Lipinski definition) is 1. The van der Waals surface area contributed by atoms with Crippen LogP contribution in [0.15, 0.2) is 59.6 Å². The summed E-state index contributed by atoms with van der Waals surface area (Å²) in [5.41, 5.74) is 1.12. The highest BCUT2D eigenvalue weighted by Gasteiger charge is 2.10. The molecule has 130 valence electrons. The SMILES string of the molecule is COc1ccc2cc(CN(C)c3ccc(S(N)(=O)=O)cn3)ccc2c1. The number of fused-ring (bicyclic) bond motifs is 1. The summed E-state index contributed by atoms with van der Waals surface area (Å²) in [4.78, 5) is 6.12. The van der Waals surface area contributed by atoms with Gasteiger partial charge < -0.3 is 9.64 Å². The van der Waals surface area contributed by atoms with Crippen molar-refractivity contribution in [3.63, 3.8) is 0 Å². The molecule has 6 nitrogen and oxygen atoms in total. The zero-order chi connectivity index (χ0) is 18.0. The van der Waals surface area contributed by atoms with E-state index in [9.17, 15) is 8.42 Å². The van der Waals surface area contributed by atoms with Crippen molar-refractivity contribution in [1.82, 2.24) is 4.98 Å². The molecule has 1 aromatic heterocycles. The zero-order valence-corrected chi connectivity index (χ0v) is 14.8. The fourth-order valence-electron chi connectivity index (χ4n) is 2.62. The monoisotopic (exact) mass is 357 g/mol. The van der Waals surface area contributed by atoms with Crippen molar-refractivity contribution in [2.24, 2.45) is 5.14 Å². The Morgan fingerprint density at radius 2 is 1.80 bits per heavy atom. The number of hydrogen-bond acceptors (Lipinski definition) is 5. The van der Waals surface area contributed by atoms with E-state index in [1.807, 2.05) is 30.1 Å². The van der Waals surface area contributed by atoms with Crippen LogP contribution in [0.5, 0.6) is 5.75 Å². The third-order valence-electron chi connectivity index (χ3n) is 3.97. The van der Waals surface area contributed by atoms with Crippen molar-refractivity contribution >= 4 is 26.6 Å². The van der Waals surface area contributed by atoms with Gasteiger partial charge in [-0.25, -0.2) is 18.5 Å². The average molecular weight is 357 g/mol. The molecule has 0 aliphatic rings. The molecule has 0 aliphatic heterocycles. The van der Waals surface area contributed by atoms with Gasteiger partial charge in [0.1, 0.15) is 16.5 Å². The van der Waals surface area contributed by atoms with Gasteiger partial charge in [-0.3, -0.25) is 0 Å². The maximum Gasteiger partial charge on any atom is 0.239 e. The predicted octanol–water partition coefficient (Wildman–Crippen LogP) is 2.53. The van der Waals surface area contributed by atoms with E-state index < -0.39 is 10.0 Å². The number of sulfonamides is 1. The second-order valence-corrected chi connectivity index (χ2v) is 7.36. The lowest BCUT2D eigenvalue weighted by Gasteiger charge is -2.18. The first-order chi connectivity index (χ1) is 11.9. The number of nitrogens with two attached hydrogens (primary N) is 1. The van der Waals surface area contributed by atoms with E-state index in [-0.39, 0.29) is 4.90 Å². The minimum absolute atomic E-state index is 0.00398. The second-order valence-electron chi connectivity index (χ2n) is 5.80. The van der Waals surface area contributed by atoms with E-state index >= 15 is 0 Å². The van der Waals surface area contributed by atoms with E-state index in [1.54, 1.807) is 13.2 Å². The predicted molar refractivity (Wildman–Crippen MR) is 98.2 cm³/mol. The van der Waals surface area contributed by atoms with Crippen LogP contribution >= 0.6 is 0 Å². The van der Waals surface area contributed by atoms with Crippen molar-refractivity contribution in [3.05, 3.63) is 60.3 Å². The number of ether oxygens (including phenoxy) is 1. The molecule has 3 rings (SSSR count). The minimum atomic E-state index is -3.73. The van der Waals surface area contributed by atoms with Crippen molar-refractivity contribution in [2.45, 2.75) is 11.4 Å². The summed E-state index contributed by atoms with van der Waals surface area (Å²) in [6, 6.07) is 15.3. The lowest BCUT2D eigenvalue weighted by atomic mass is 10.1. The molecule has 2 aromatic carbocycles. The highest BCUT2D eigenvalue weighted by atomic mass is 32.2. The number of benzene rings is 2. The molecule has 3 aromatic rings. The van der Waals surface area contributed by atoms with E-state index in [2.05, 4.69) is 23.2 Å². The Balaban J connectivity index is 1.80. The fraction of sp³-hybridized carbons (Fsp3) is 0.167. The van der Waals surface area contributed by atoms with Gasteiger partial charge in [-0.2, -0.15) is 0 Å². The van der Waals surface area contributed by atoms with Crippen LogP contribution in [0.4, 0.5) is 5.82 Å². The van der Waals surface area contributed by atoms with Crippen LogP contribution < -0.4 is 14.8 Å². The smallest absolute Gasteiger partial charge is 0.239 e. The van der Waals surface area contributed by atoms with Gasteiger partial charge >= 0.3 is 0 Å². The molecule has 0 saturated carbocycles. The van der Waals surface area contributed by atoms with E-state index in [4.69, 9.17) is 9.88 Å². The summed E-state index contributed by atoms with van der Waals surface area (Å²) in [6.07, 6.45) is 1.27. The molecule has 0 unspecified atom stereocenters. The molecule has 0 atom stereocenters. The third kappa shape index (κ3) is 3.89. The van der Waals surface area contributed by atoms with Gasteiger partial charge in [-0.1, -0.05) is 18.2 Å². The Morgan fingerprint density at radius 1 is 1.08 bits per heavy atom.